The molecule has 6 heteroatoms. The number of ether oxygens (including phenoxy) is 1. The van der Waals surface area contributed by atoms with Crippen molar-refractivity contribution in [1.29, 1.82) is 0 Å². The van der Waals surface area contributed by atoms with Gasteiger partial charge < -0.3 is 10.1 Å². The van der Waals surface area contributed by atoms with E-state index < -0.39 is 0 Å². The van der Waals surface area contributed by atoms with Gasteiger partial charge >= 0.3 is 0 Å². The van der Waals surface area contributed by atoms with Gasteiger partial charge in [0.2, 0.25) is 0 Å². The molecule has 4 nitrogen and oxygen atoms in total. The number of nitrogens with zero attached hydrogens (tertiary/aromatic N) is 2. The Labute approximate surface area is 121 Å². The number of hydrogen-bond acceptors (Lipinski definition) is 5. The van der Waals surface area contributed by atoms with Crippen LogP contribution in [0.4, 0.5) is 4.39 Å². The standard InChI is InChI=1S/C14H16FN3OS/c1-19-8-7-16-10-11-3-4-13(12(15)9-11)20-14-17-5-2-6-18-14/h2-6,9,16H,7-8,10H2,1H3. The second kappa shape index (κ2) is 7.94. The SMILES string of the molecule is COCCNCc1ccc(Sc2ncccn2)c(F)c1. The summed E-state index contributed by atoms with van der Waals surface area (Å²) < 4.78 is 18.9. The van der Waals surface area contributed by atoms with E-state index in [4.69, 9.17) is 4.74 Å². The molecule has 1 heterocycles. The van der Waals surface area contributed by atoms with Crippen molar-refractivity contribution in [3.63, 3.8) is 0 Å². The van der Waals surface area contributed by atoms with Gasteiger partial charge in [-0.2, -0.15) is 0 Å². The number of nitrogens with one attached hydrogen (secondary N) is 1. The highest BCUT2D eigenvalue weighted by Crippen LogP contribution is 2.27. The Morgan fingerprint density at radius 1 is 1.30 bits per heavy atom. The number of aromatic nitrogens is 2. The summed E-state index contributed by atoms with van der Waals surface area (Å²) in [5.74, 6) is -0.256. The zero-order valence-corrected chi connectivity index (χ0v) is 12.0. The van der Waals surface area contributed by atoms with Crippen LogP contribution in [0.25, 0.3) is 0 Å². The van der Waals surface area contributed by atoms with Crippen molar-refractivity contribution in [2.24, 2.45) is 0 Å². The van der Waals surface area contributed by atoms with Crippen molar-refractivity contribution in [3.8, 4) is 0 Å². The van der Waals surface area contributed by atoms with Crippen LogP contribution in [0.15, 0.2) is 46.7 Å². The predicted octanol–water partition coefficient (Wildman–Crippen LogP) is 2.50. The number of halogens is 1. The van der Waals surface area contributed by atoms with E-state index in [1.54, 1.807) is 31.6 Å². The minimum absolute atomic E-state index is 0.256. The monoisotopic (exact) mass is 293 g/mol. The molecule has 2 rings (SSSR count). The van der Waals surface area contributed by atoms with Gasteiger partial charge in [0.15, 0.2) is 5.16 Å². The second-order valence-corrected chi connectivity index (χ2v) is 5.08. The molecule has 0 aliphatic carbocycles. The van der Waals surface area contributed by atoms with E-state index in [0.29, 0.717) is 23.2 Å². The summed E-state index contributed by atoms with van der Waals surface area (Å²) in [5, 5.41) is 3.72. The maximum atomic E-state index is 14.0. The van der Waals surface area contributed by atoms with Gasteiger partial charge in [-0.1, -0.05) is 6.07 Å². The summed E-state index contributed by atoms with van der Waals surface area (Å²) in [5.41, 5.74) is 0.900. The molecule has 0 atom stereocenters. The Morgan fingerprint density at radius 3 is 2.80 bits per heavy atom. The van der Waals surface area contributed by atoms with Crippen LogP contribution < -0.4 is 5.32 Å². The summed E-state index contributed by atoms with van der Waals surface area (Å²) in [6.07, 6.45) is 3.28. The van der Waals surface area contributed by atoms with E-state index in [-0.39, 0.29) is 5.82 Å². The topological polar surface area (TPSA) is 47.0 Å². The van der Waals surface area contributed by atoms with E-state index in [1.807, 2.05) is 6.07 Å². The molecule has 0 saturated heterocycles. The average Bonchev–Trinajstić information content (AvgIpc) is 2.47. The molecular formula is C14H16FN3OS. The fourth-order valence-electron chi connectivity index (χ4n) is 1.58. The Hall–Kier alpha value is -1.50. The summed E-state index contributed by atoms with van der Waals surface area (Å²) in [7, 11) is 1.65. The van der Waals surface area contributed by atoms with Gasteiger partial charge in [-0.05, 0) is 35.5 Å². The summed E-state index contributed by atoms with van der Waals surface area (Å²) in [6, 6.07) is 6.91. The molecule has 0 aliphatic heterocycles. The lowest BCUT2D eigenvalue weighted by atomic mass is 10.2. The number of benzene rings is 1. The highest BCUT2D eigenvalue weighted by molar-refractivity contribution is 7.99. The molecule has 106 valence electrons. The highest BCUT2D eigenvalue weighted by atomic mass is 32.2. The van der Waals surface area contributed by atoms with Crippen LogP contribution in [0.2, 0.25) is 0 Å². The molecule has 2 aromatic rings. The molecule has 0 unspecified atom stereocenters. The molecular weight excluding hydrogens is 277 g/mol. The molecule has 20 heavy (non-hydrogen) atoms. The molecule has 0 fully saturated rings. The minimum atomic E-state index is -0.256. The third-order valence-electron chi connectivity index (χ3n) is 2.55. The summed E-state index contributed by atoms with van der Waals surface area (Å²) in [4.78, 5) is 8.66. The van der Waals surface area contributed by atoms with Crippen molar-refractivity contribution in [1.82, 2.24) is 15.3 Å². The zero-order valence-electron chi connectivity index (χ0n) is 11.2. The van der Waals surface area contributed by atoms with Gasteiger partial charge in [0, 0.05) is 32.6 Å². The molecule has 1 aromatic heterocycles. The number of rotatable bonds is 7. The Kier molecular flexibility index (Phi) is 5.91. The smallest absolute Gasteiger partial charge is 0.192 e. The number of hydrogen-bond donors (Lipinski definition) is 1. The first kappa shape index (κ1) is 14.9. The normalized spacial score (nSPS) is 10.7. The fraction of sp³-hybridized carbons (Fsp3) is 0.286. The highest BCUT2D eigenvalue weighted by Gasteiger charge is 2.07. The molecule has 1 N–H and O–H groups in total. The maximum Gasteiger partial charge on any atom is 0.192 e. The van der Waals surface area contributed by atoms with Crippen molar-refractivity contribution in [2.45, 2.75) is 16.6 Å². The minimum Gasteiger partial charge on any atom is -0.383 e. The molecule has 0 aliphatic rings. The van der Waals surface area contributed by atoms with Gasteiger partial charge in [-0.3, -0.25) is 0 Å². The average molecular weight is 293 g/mol. The van der Waals surface area contributed by atoms with Crippen LogP contribution in [0.1, 0.15) is 5.56 Å². The summed E-state index contributed by atoms with van der Waals surface area (Å²) >= 11 is 1.22. The quantitative estimate of drug-likeness (QED) is 0.628. The van der Waals surface area contributed by atoms with Crippen LogP contribution in [0.3, 0.4) is 0 Å². The Balaban J connectivity index is 1.95. The Bertz CT molecular complexity index is 539. The van der Waals surface area contributed by atoms with Crippen molar-refractivity contribution >= 4 is 11.8 Å². The van der Waals surface area contributed by atoms with E-state index in [2.05, 4.69) is 15.3 Å². The Morgan fingerprint density at radius 2 is 2.10 bits per heavy atom. The maximum absolute atomic E-state index is 14.0. The van der Waals surface area contributed by atoms with Crippen LogP contribution in [-0.4, -0.2) is 30.2 Å². The van der Waals surface area contributed by atoms with Gasteiger partial charge in [0.1, 0.15) is 5.82 Å². The van der Waals surface area contributed by atoms with E-state index in [9.17, 15) is 4.39 Å². The van der Waals surface area contributed by atoms with Crippen molar-refractivity contribution < 1.29 is 9.13 Å². The third-order valence-corrected chi connectivity index (χ3v) is 3.50. The lowest BCUT2D eigenvalue weighted by molar-refractivity contribution is 0.199. The molecule has 0 radical (unpaired) electrons. The van der Waals surface area contributed by atoms with Gasteiger partial charge in [0.25, 0.3) is 0 Å². The molecule has 0 saturated carbocycles. The van der Waals surface area contributed by atoms with Crippen LogP contribution in [0, 0.1) is 5.82 Å². The summed E-state index contributed by atoms with van der Waals surface area (Å²) in [6.45, 7) is 2.00. The van der Waals surface area contributed by atoms with Gasteiger partial charge in [-0.15, -0.1) is 0 Å². The molecule has 0 spiro atoms. The van der Waals surface area contributed by atoms with E-state index >= 15 is 0 Å². The lowest BCUT2D eigenvalue weighted by Gasteiger charge is -2.06. The first-order valence-corrected chi connectivity index (χ1v) is 7.04. The predicted molar refractivity (Wildman–Crippen MR) is 76.1 cm³/mol. The van der Waals surface area contributed by atoms with E-state index in [0.717, 1.165) is 12.1 Å². The van der Waals surface area contributed by atoms with Gasteiger partial charge in [-0.25, -0.2) is 14.4 Å². The largest absolute Gasteiger partial charge is 0.383 e. The van der Waals surface area contributed by atoms with Crippen LogP contribution in [0.5, 0.6) is 0 Å². The second-order valence-electron chi connectivity index (χ2n) is 4.07. The van der Waals surface area contributed by atoms with Crippen molar-refractivity contribution in [2.75, 3.05) is 20.3 Å². The number of methoxy groups -OCH3 is 1. The zero-order chi connectivity index (χ0) is 14.2. The van der Waals surface area contributed by atoms with E-state index in [1.165, 1.54) is 17.8 Å². The molecule has 0 amide bonds. The first-order chi connectivity index (χ1) is 9.79. The van der Waals surface area contributed by atoms with Gasteiger partial charge in [0.05, 0.1) is 11.5 Å². The van der Waals surface area contributed by atoms with Crippen LogP contribution in [-0.2, 0) is 11.3 Å². The fourth-order valence-corrected chi connectivity index (χ4v) is 2.30. The third kappa shape index (κ3) is 4.56. The first-order valence-electron chi connectivity index (χ1n) is 6.22. The molecule has 1 aromatic carbocycles. The van der Waals surface area contributed by atoms with Crippen molar-refractivity contribution in [3.05, 3.63) is 48.0 Å². The van der Waals surface area contributed by atoms with Crippen LogP contribution >= 0.6 is 11.8 Å². The molecule has 0 bridgehead atoms. The lowest BCUT2D eigenvalue weighted by Crippen LogP contribution is -2.18.